The van der Waals surface area contributed by atoms with Crippen LogP contribution in [0.15, 0.2) is 12.4 Å². The Labute approximate surface area is 113 Å². The van der Waals surface area contributed by atoms with Gasteiger partial charge >= 0.3 is 0 Å². The van der Waals surface area contributed by atoms with Gasteiger partial charge < -0.3 is 10.6 Å². The molecule has 0 atom stereocenters. The lowest BCUT2D eigenvalue weighted by Gasteiger charge is -2.35. The Morgan fingerprint density at radius 3 is 2.47 bits per heavy atom. The largest absolute Gasteiger partial charge is 0.382 e. The van der Waals surface area contributed by atoms with Crippen molar-refractivity contribution in [3.63, 3.8) is 0 Å². The first-order chi connectivity index (χ1) is 9.08. The van der Waals surface area contributed by atoms with Crippen LogP contribution in [0, 0.1) is 5.92 Å². The van der Waals surface area contributed by atoms with Gasteiger partial charge in [0.2, 0.25) is 0 Å². The number of amides is 1. The summed E-state index contributed by atoms with van der Waals surface area (Å²) in [5.41, 5.74) is 5.95. The molecule has 0 aromatic carbocycles. The van der Waals surface area contributed by atoms with Crippen molar-refractivity contribution in [2.75, 3.05) is 38.5 Å². The normalized spacial score (nSPS) is 16.9. The van der Waals surface area contributed by atoms with Crippen LogP contribution in [0.2, 0.25) is 0 Å². The Balaban J connectivity index is 1.95. The fourth-order valence-electron chi connectivity index (χ4n) is 2.31. The highest BCUT2D eigenvalue weighted by molar-refractivity contribution is 5.96. The molecule has 0 unspecified atom stereocenters. The monoisotopic (exact) mass is 263 g/mol. The number of anilines is 1. The van der Waals surface area contributed by atoms with Crippen LogP contribution in [0.3, 0.4) is 0 Å². The molecule has 1 aromatic rings. The highest BCUT2D eigenvalue weighted by Gasteiger charge is 2.24. The molecule has 6 nitrogen and oxygen atoms in total. The van der Waals surface area contributed by atoms with Gasteiger partial charge in [-0.1, -0.05) is 13.8 Å². The SMILES string of the molecule is CC(C)CN1CCN(C(=O)c2nccnc2N)CC1. The van der Waals surface area contributed by atoms with Crippen LogP contribution in [0.4, 0.5) is 5.82 Å². The highest BCUT2D eigenvalue weighted by atomic mass is 16.2. The molecular formula is C13H21N5O. The summed E-state index contributed by atoms with van der Waals surface area (Å²) in [6.45, 7) is 8.75. The molecule has 1 fully saturated rings. The van der Waals surface area contributed by atoms with Crippen LogP contribution in [-0.2, 0) is 0 Å². The molecular weight excluding hydrogens is 242 g/mol. The molecule has 1 saturated heterocycles. The first kappa shape index (κ1) is 13.7. The van der Waals surface area contributed by atoms with Gasteiger partial charge in [-0.05, 0) is 5.92 Å². The maximum atomic E-state index is 12.3. The van der Waals surface area contributed by atoms with Crippen molar-refractivity contribution in [2.45, 2.75) is 13.8 Å². The number of nitrogens with zero attached hydrogens (tertiary/aromatic N) is 4. The van der Waals surface area contributed by atoms with Crippen LogP contribution >= 0.6 is 0 Å². The van der Waals surface area contributed by atoms with Crippen molar-refractivity contribution < 1.29 is 4.79 Å². The van der Waals surface area contributed by atoms with Gasteiger partial charge in [-0.25, -0.2) is 9.97 Å². The number of carbonyl (C=O) groups is 1. The lowest BCUT2D eigenvalue weighted by Crippen LogP contribution is -2.49. The number of rotatable bonds is 3. The van der Waals surface area contributed by atoms with E-state index in [1.807, 2.05) is 0 Å². The third-order valence-corrected chi connectivity index (χ3v) is 3.21. The van der Waals surface area contributed by atoms with Gasteiger partial charge in [0.15, 0.2) is 11.5 Å². The smallest absolute Gasteiger partial charge is 0.276 e. The Kier molecular flexibility index (Phi) is 4.31. The third kappa shape index (κ3) is 3.41. The topological polar surface area (TPSA) is 75.3 Å². The zero-order valence-corrected chi connectivity index (χ0v) is 11.5. The summed E-state index contributed by atoms with van der Waals surface area (Å²) in [5, 5.41) is 0. The molecule has 0 spiro atoms. The minimum atomic E-state index is -0.116. The molecule has 19 heavy (non-hydrogen) atoms. The maximum Gasteiger partial charge on any atom is 0.276 e. The van der Waals surface area contributed by atoms with E-state index in [-0.39, 0.29) is 17.4 Å². The highest BCUT2D eigenvalue weighted by Crippen LogP contribution is 2.11. The number of nitrogens with two attached hydrogens (primary N) is 1. The molecule has 0 radical (unpaired) electrons. The van der Waals surface area contributed by atoms with Gasteiger partial charge in [-0.3, -0.25) is 9.69 Å². The van der Waals surface area contributed by atoms with Crippen LogP contribution in [0.25, 0.3) is 0 Å². The van der Waals surface area contributed by atoms with Crippen molar-refractivity contribution in [1.29, 1.82) is 0 Å². The number of carbonyl (C=O) groups excluding carboxylic acids is 1. The molecule has 1 aliphatic rings. The second-order valence-electron chi connectivity index (χ2n) is 5.28. The van der Waals surface area contributed by atoms with Crippen molar-refractivity contribution in [3.05, 3.63) is 18.1 Å². The fourth-order valence-corrected chi connectivity index (χ4v) is 2.31. The minimum Gasteiger partial charge on any atom is -0.382 e. The first-order valence-corrected chi connectivity index (χ1v) is 6.66. The van der Waals surface area contributed by atoms with Crippen LogP contribution in [-0.4, -0.2) is 58.4 Å². The molecule has 2 heterocycles. The molecule has 1 aliphatic heterocycles. The number of nitrogen functional groups attached to an aromatic ring is 1. The molecule has 2 N–H and O–H groups in total. The summed E-state index contributed by atoms with van der Waals surface area (Å²) in [7, 11) is 0. The zero-order chi connectivity index (χ0) is 13.8. The minimum absolute atomic E-state index is 0.116. The molecule has 1 aromatic heterocycles. The Morgan fingerprint density at radius 2 is 1.89 bits per heavy atom. The fraction of sp³-hybridized carbons (Fsp3) is 0.615. The van der Waals surface area contributed by atoms with Gasteiger partial charge in [0.25, 0.3) is 5.91 Å². The van der Waals surface area contributed by atoms with E-state index in [1.54, 1.807) is 4.90 Å². The summed E-state index contributed by atoms with van der Waals surface area (Å²) in [5.74, 6) is 0.741. The quantitative estimate of drug-likeness (QED) is 0.858. The number of hydrogen-bond donors (Lipinski definition) is 1. The zero-order valence-electron chi connectivity index (χ0n) is 11.5. The van der Waals surface area contributed by atoms with Crippen molar-refractivity contribution in [1.82, 2.24) is 19.8 Å². The van der Waals surface area contributed by atoms with Gasteiger partial charge in [0.1, 0.15) is 0 Å². The Hall–Kier alpha value is -1.69. The van der Waals surface area contributed by atoms with Gasteiger partial charge in [0, 0.05) is 45.1 Å². The standard InChI is InChI=1S/C13H21N5O/c1-10(2)9-17-5-7-18(8-6-17)13(19)11-12(14)16-4-3-15-11/h3-4,10H,5-9H2,1-2H3,(H2,14,16). The van der Waals surface area contributed by atoms with E-state index in [1.165, 1.54) is 12.4 Å². The molecule has 6 heteroatoms. The Bertz CT molecular complexity index is 440. The number of piperazine rings is 1. The summed E-state index contributed by atoms with van der Waals surface area (Å²) < 4.78 is 0. The van der Waals surface area contributed by atoms with Gasteiger partial charge in [-0.15, -0.1) is 0 Å². The van der Waals surface area contributed by atoms with E-state index in [2.05, 4.69) is 28.7 Å². The molecule has 0 aliphatic carbocycles. The van der Waals surface area contributed by atoms with E-state index in [0.717, 1.165) is 32.7 Å². The second-order valence-corrected chi connectivity index (χ2v) is 5.28. The van der Waals surface area contributed by atoms with E-state index in [0.29, 0.717) is 5.92 Å². The molecule has 0 bridgehead atoms. The summed E-state index contributed by atoms with van der Waals surface area (Å²) >= 11 is 0. The van der Waals surface area contributed by atoms with E-state index >= 15 is 0 Å². The predicted molar refractivity (Wildman–Crippen MR) is 73.6 cm³/mol. The molecule has 2 rings (SSSR count). The predicted octanol–water partition coefficient (Wildman–Crippen LogP) is 0.473. The van der Waals surface area contributed by atoms with Crippen LogP contribution < -0.4 is 5.73 Å². The van der Waals surface area contributed by atoms with Crippen LogP contribution in [0.1, 0.15) is 24.3 Å². The molecule has 0 saturated carbocycles. The lowest BCUT2D eigenvalue weighted by molar-refractivity contribution is 0.0619. The van der Waals surface area contributed by atoms with E-state index in [4.69, 9.17) is 5.73 Å². The van der Waals surface area contributed by atoms with Crippen molar-refractivity contribution in [2.24, 2.45) is 5.92 Å². The van der Waals surface area contributed by atoms with Gasteiger partial charge in [-0.2, -0.15) is 0 Å². The first-order valence-electron chi connectivity index (χ1n) is 6.66. The Morgan fingerprint density at radius 1 is 1.26 bits per heavy atom. The van der Waals surface area contributed by atoms with Crippen molar-refractivity contribution in [3.8, 4) is 0 Å². The second kappa shape index (κ2) is 5.97. The average Bonchev–Trinajstić information content (AvgIpc) is 2.39. The maximum absolute atomic E-state index is 12.3. The molecule has 1 amide bonds. The average molecular weight is 263 g/mol. The van der Waals surface area contributed by atoms with Gasteiger partial charge in [0.05, 0.1) is 0 Å². The third-order valence-electron chi connectivity index (χ3n) is 3.21. The van der Waals surface area contributed by atoms with E-state index in [9.17, 15) is 4.79 Å². The number of hydrogen-bond acceptors (Lipinski definition) is 5. The van der Waals surface area contributed by atoms with Crippen LogP contribution in [0.5, 0.6) is 0 Å². The summed E-state index contributed by atoms with van der Waals surface area (Å²) in [6, 6.07) is 0. The lowest BCUT2D eigenvalue weighted by atomic mass is 10.2. The van der Waals surface area contributed by atoms with Crippen molar-refractivity contribution >= 4 is 11.7 Å². The molecule has 104 valence electrons. The summed E-state index contributed by atoms with van der Waals surface area (Å²) in [6.07, 6.45) is 2.99. The summed E-state index contributed by atoms with van der Waals surface area (Å²) in [4.78, 5) is 24.4. The van der Waals surface area contributed by atoms with E-state index < -0.39 is 0 Å². The number of aromatic nitrogens is 2.